The van der Waals surface area contributed by atoms with Crippen molar-refractivity contribution in [2.24, 2.45) is 5.41 Å². The van der Waals surface area contributed by atoms with Crippen molar-refractivity contribution >= 4 is 33.0 Å². The van der Waals surface area contributed by atoms with E-state index in [2.05, 4.69) is 37.4 Å². The number of nitrogens with zero attached hydrogens (tertiary/aromatic N) is 1. The Morgan fingerprint density at radius 2 is 2.06 bits per heavy atom. The van der Waals surface area contributed by atoms with Crippen LogP contribution in [0.1, 0.15) is 90.7 Å². The van der Waals surface area contributed by atoms with E-state index in [0.717, 1.165) is 44.8 Å². The van der Waals surface area contributed by atoms with E-state index in [1.54, 1.807) is 11.3 Å². The van der Waals surface area contributed by atoms with Crippen molar-refractivity contribution in [2.75, 3.05) is 6.61 Å². The molecule has 1 spiro atoms. The number of ether oxygens (including phenoxy) is 1. The zero-order valence-electron chi connectivity index (χ0n) is 19.3. The lowest BCUT2D eigenvalue weighted by Gasteiger charge is -2.26. The predicted octanol–water partition coefficient (Wildman–Crippen LogP) is 7.02. The Labute approximate surface area is 199 Å². The third-order valence-electron chi connectivity index (χ3n) is 7.67. The van der Waals surface area contributed by atoms with Crippen molar-refractivity contribution in [1.29, 1.82) is 0 Å². The number of carbonyl (C=O) groups excluding carboxylic acids is 1. The standard InChI is InChI=1S/C28H30N2O2S/c1-17(2)23-24-25(19(9-15-29-24)18-7-11-28(12-8-18)13-14-28)33-26(23)27(31)30-21-10-16-32-22-6-4-3-5-20(21)22/h3-7,9,15,17,21H,8,10-14,16H2,1-2H3,(H,30,31)/t21-/m0/s1. The summed E-state index contributed by atoms with van der Waals surface area (Å²) in [7, 11) is 0. The Bertz CT molecular complexity index is 1270. The lowest BCUT2D eigenvalue weighted by molar-refractivity contribution is 0.0928. The number of nitrogens with one attached hydrogen (secondary N) is 1. The van der Waals surface area contributed by atoms with Crippen LogP contribution in [-0.2, 0) is 0 Å². The van der Waals surface area contributed by atoms with Crippen molar-refractivity contribution in [2.45, 2.75) is 64.3 Å². The molecule has 1 atom stereocenters. The fraction of sp³-hybridized carbons (Fsp3) is 0.429. The van der Waals surface area contributed by atoms with Crippen LogP contribution >= 0.6 is 11.3 Å². The van der Waals surface area contributed by atoms with Crippen LogP contribution < -0.4 is 10.1 Å². The van der Waals surface area contributed by atoms with Crippen LogP contribution in [0.3, 0.4) is 0 Å². The molecular weight excluding hydrogens is 428 g/mol. The minimum Gasteiger partial charge on any atom is -0.493 e. The van der Waals surface area contributed by atoms with Crippen molar-refractivity contribution in [3.63, 3.8) is 0 Å². The number of hydrogen-bond donors (Lipinski definition) is 1. The topological polar surface area (TPSA) is 51.2 Å². The summed E-state index contributed by atoms with van der Waals surface area (Å²) in [5.41, 5.74) is 6.45. The molecule has 33 heavy (non-hydrogen) atoms. The zero-order valence-corrected chi connectivity index (χ0v) is 20.1. The molecule has 170 valence electrons. The maximum Gasteiger partial charge on any atom is 0.262 e. The van der Waals surface area contributed by atoms with Crippen LogP contribution in [0.25, 0.3) is 15.8 Å². The van der Waals surface area contributed by atoms with Gasteiger partial charge in [0, 0.05) is 23.7 Å². The molecule has 0 saturated heterocycles. The van der Waals surface area contributed by atoms with E-state index < -0.39 is 0 Å². The van der Waals surface area contributed by atoms with Gasteiger partial charge >= 0.3 is 0 Å². The maximum atomic E-state index is 13.6. The third kappa shape index (κ3) is 3.67. The van der Waals surface area contributed by atoms with E-state index in [1.165, 1.54) is 36.8 Å². The number of thiophene rings is 1. The minimum absolute atomic E-state index is 0.00362. The fourth-order valence-electron chi connectivity index (χ4n) is 5.50. The summed E-state index contributed by atoms with van der Waals surface area (Å²) in [6.07, 6.45) is 11.6. The number of rotatable bonds is 4. The normalized spacial score (nSPS) is 20.9. The van der Waals surface area contributed by atoms with Crippen LogP contribution in [0.15, 0.2) is 42.6 Å². The SMILES string of the molecule is CC(C)c1c(C(=O)N[C@H]2CCOc3ccccc32)sc2c(C3=CCC4(CC3)CC4)ccnc12. The quantitative estimate of drug-likeness (QED) is 0.457. The van der Waals surface area contributed by atoms with Gasteiger partial charge in [0.15, 0.2) is 0 Å². The van der Waals surface area contributed by atoms with Gasteiger partial charge in [0.2, 0.25) is 0 Å². The second-order valence-electron chi connectivity index (χ2n) is 10.2. The van der Waals surface area contributed by atoms with Gasteiger partial charge in [-0.25, -0.2) is 0 Å². The van der Waals surface area contributed by atoms with Gasteiger partial charge in [0.05, 0.1) is 27.7 Å². The van der Waals surface area contributed by atoms with Gasteiger partial charge in [-0.1, -0.05) is 38.1 Å². The molecule has 4 nitrogen and oxygen atoms in total. The molecule has 1 N–H and O–H groups in total. The summed E-state index contributed by atoms with van der Waals surface area (Å²) in [6.45, 7) is 4.94. The smallest absolute Gasteiger partial charge is 0.262 e. The highest BCUT2D eigenvalue weighted by Crippen LogP contribution is 2.57. The van der Waals surface area contributed by atoms with Crippen LogP contribution in [0.5, 0.6) is 5.75 Å². The highest BCUT2D eigenvalue weighted by atomic mass is 32.1. The van der Waals surface area contributed by atoms with Gasteiger partial charge in [-0.05, 0) is 66.7 Å². The number of pyridine rings is 1. The Balaban J connectivity index is 1.37. The van der Waals surface area contributed by atoms with Gasteiger partial charge in [0.1, 0.15) is 5.75 Å². The minimum atomic E-state index is -0.0316. The summed E-state index contributed by atoms with van der Waals surface area (Å²) in [4.78, 5) is 19.2. The molecule has 3 aromatic rings. The summed E-state index contributed by atoms with van der Waals surface area (Å²) in [5, 5.41) is 3.31. The van der Waals surface area contributed by atoms with Gasteiger partial charge in [-0.15, -0.1) is 11.3 Å². The van der Waals surface area contributed by atoms with Gasteiger partial charge < -0.3 is 10.1 Å². The highest BCUT2D eigenvalue weighted by Gasteiger charge is 2.42. The molecule has 5 heteroatoms. The summed E-state index contributed by atoms with van der Waals surface area (Å²) in [6, 6.07) is 10.1. The van der Waals surface area contributed by atoms with Crippen LogP contribution in [0, 0.1) is 5.41 Å². The Morgan fingerprint density at radius 3 is 2.82 bits per heavy atom. The second kappa shape index (κ2) is 7.98. The molecule has 1 aliphatic heterocycles. The number of allylic oxidation sites excluding steroid dienone is 2. The zero-order chi connectivity index (χ0) is 22.6. The molecular formula is C28H30N2O2S. The van der Waals surface area contributed by atoms with E-state index in [-0.39, 0.29) is 17.9 Å². The lowest BCUT2D eigenvalue weighted by Crippen LogP contribution is -2.32. The average Bonchev–Trinajstić information content (AvgIpc) is 3.45. The predicted molar refractivity (Wildman–Crippen MR) is 134 cm³/mol. The first-order chi connectivity index (χ1) is 16.0. The highest BCUT2D eigenvalue weighted by molar-refractivity contribution is 7.21. The summed E-state index contributed by atoms with van der Waals surface area (Å²) in [5.74, 6) is 1.10. The first kappa shape index (κ1) is 20.9. The largest absolute Gasteiger partial charge is 0.493 e. The molecule has 1 fully saturated rings. The molecule has 0 radical (unpaired) electrons. The Morgan fingerprint density at radius 1 is 1.21 bits per heavy atom. The van der Waals surface area contributed by atoms with E-state index in [1.807, 2.05) is 24.4 Å². The maximum absolute atomic E-state index is 13.6. The first-order valence-corrected chi connectivity index (χ1v) is 13.0. The second-order valence-corrected chi connectivity index (χ2v) is 11.2. The average molecular weight is 459 g/mol. The molecule has 6 rings (SSSR count). The first-order valence-electron chi connectivity index (χ1n) is 12.2. The molecule has 1 saturated carbocycles. The molecule has 3 aliphatic rings. The fourth-order valence-corrected chi connectivity index (χ4v) is 6.87. The van der Waals surface area contributed by atoms with Crippen LogP contribution in [-0.4, -0.2) is 17.5 Å². The van der Waals surface area contributed by atoms with E-state index in [9.17, 15) is 4.79 Å². The van der Waals surface area contributed by atoms with Crippen molar-refractivity contribution in [1.82, 2.24) is 10.3 Å². The van der Waals surface area contributed by atoms with Gasteiger partial charge in [-0.3, -0.25) is 9.78 Å². The van der Waals surface area contributed by atoms with Crippen LogP contribution in [0.4, 0.5) is 0 Å². The van der Waals surface area contributed by atoms with Crippen molar-refractivity contribution in [3.8, 4) is 5.75 Å². The van der Waals surface area contributed by atoms with Gasteiger partial charge in [-0.2, -0.15) is 0 Å². The number of aromatic nitrogens is 1. The van der Waals surface area contributed by atoms with Crippen LogP contribution in [0.2, 0.25) is 0 Å². The monoisotopic (exact) mass is 458 g/mol. The Hall–Kier alpha value is -2.66. The summed E-state index contributed by atoms with van der Waals surface area (Å²) >= 11 is 1.62. The molecule has 0 unspecified atom stereocenters. The van der Waals surface area contributed by atoms with Gasteiger partial charge in [0.25, 0.3) is 5.91 Å². The van der Waals surface area contributed by atoms with Crippen molar-refractivity contribution in [3.05, 3.63) is 64.2 Å². The molecule has 1 aromatic carbocycles. The number of hydrogen-bond acceptors (Lipinski definition) is 4. The molecule has 3 heterocycles. The Kier molecular flexibility index (Phi) is 5.06. The number of carbonyl (C=O) groups is 1. The number of fused-ring (bicyclic) bond motifs is 2. The lowest BCUT2D eigenvalue weighted by atomic mass is 9.84. The molecule has 2 aromatic heterocycles. The van der Waals surface area contributed by atoms with E-state index >= 15 is 0 Å². The number of benzene rings is 1. The molecule has 2 aliphatic carbocycles. The van der Waals surface area contributed by atoms with Crippen molar-refractivity contribution < 1.29 is 9.53 Å². The van der Waals surface area contributed by atoms with E-state index in [0.29, 0.717) is 12.0 Å². The number of amides is 1. The summed E-state index contributed by atoms with van der Waals surface area (Å²) < 4.78 is 6.95. The third-order valence-corrected chi connectivity index (χ3v) is 8.89. The van der Waals surface area contributed by atoms with E-state index in [4.69, 9.17) is 9.72 Å². The molecule has 1 amide bonds. The molecule has 0 bridgehead atoms. The number of para-hydroxylation sites is 1.